The monoisotopic (exact) mass is 225 g/mol. The molecule has 0 radical (unpaired) electrons. The Morgan fingerprint density at radius 1 is 1.44 bits per heavy atom. The molecule has 1 unspecified atom stereocenters. The molecule has 0 heterocycles. The minimum Gasteiger partial charge on any atom is -0.481 e. The van der Waals surface area contributed by atoms with Crippen molar-refractivity contribution in [1.29, 1.82) is 0 Å². The van der Waals surface area contributed by atoms with Gasteiger partial charge in [-0.3, -0.25) is 4.79 Å². The van der Waals surface area contributed by atoms with Gasteiger partial charge in [-0.1, -0.05) is 0 Å². The summed E-state index contributed by atoms with van der Waals surface area (Å²) < 4.78 is 13.1. The van der Waals surface area contributed by atoms with E-state index in [1.807, 2.05) is 0 Å². The molecule has 4 heteroatoms. The summed E-state index contributed by atoms with van der Waals surface area (Å²) in [6, 6.07) is 2.49. The van der Waals surface area contributed by atoms with Crippen LogP contribution in [-0.4, -0.2) is 11.1 Å². The predicted octanol–water partition coefficient (Wildman–Crippen LogP) is 2.31. The molecular formula is C12H16FNO2. The maximum Gasteiger partial charge on any atom is 0.303 e. The van der Waals surface area contributed by atoms with Crippen molar-refractivity contribution >= 4 is 5.97 Å². The average molecular weight is 225 g/mol. The van der Waals surface area contributed by atoms with Gasteiger partial charge in [-0.15, -0.1) is 0 Å². The first-order chi connectivity index (χ1) is 7.41. The fourth-order valence-electron chi connectivity index (χ4n) is 1.93. The standard InChI is InChI=1S/C12H16FNO2/c1-7-5-9(13)6-8(2)12(7)10(14)3-4-11(15)16/h5-6,10H,3-4,14H2,1-2H3,(H,15,16). The predicted molar refractivity (Wildman–Crippen MR) is 59.7 cm³/mol. The van der Waals surface area contributed by atoms with E-state index in [4.69, 9.17) is 10.8 Å². The Labute approximate surface area is 94.1 Å². The number of aryl methyl sites for hydroxylation is 2. The molecule has 0 spiro atoms. The topological polar surface area (TPSA) is 63.3 Å². The van der Waals surface area contributed by atoms with Crippen LogP contribution in [0.5, 0.6) is 0 Å². The highest BCUT2D eigenvalue weighted by Gasteiger charge is 2.14. The Morgan fingerprint density at radius 3 is 2.38 bits per heavy atom. The Bertz CT molecular complexity index is 381. The van der Waals surface area contributed by atoms with Crippen LogP contribution in [0.1, 0.15) is 35.6 Å². The molecule has 0 saturated carbocycles. The molecule has 0 aliphatic carbocycles. The molecule has 16 heavy (non-hydrogen) atoms. The summed E-state index contributed by atoms with van der Waals surface area (Å²) in [5.74, 6) is -1.16. The lowest BCUT2D eigenvalue weighted by molar-refractivity contribution is -0.137. The van der Waals surface area contributed by atoms with E-state index < -0.39 is 5.97 Å². The van der Waals surface area contributed by atoms with Gasteiger partial charge in [-0.25, -0.2) is 4.39 Å². The molecule has 0 amide bonds. The van der Waals surface area contributed by atoms with Crippen molar-refractivity contribution in [2.45, 2.75) is 32.7 Å². The van der Waals surface area contributed by atoms with Crippen molar-refractivity contribution in [2.75, 3.05) is 0 Å². The Morgan fingerprint density at radius 2 is 1.94 bits per heavy atom. The third kappa shape index (κ3) is 3.03. The molecule has 3 N–H and O–H groups in total. The molecule has 88 valence electrons. The van der Waals surface area contributed by atoms with Gasteiger partial charge in [-0.2, -0.15) is 0 Å². The molecule has 0 aliphatic rings. The van der Waals surface area contributed by atoms with E-state index in [1.54, 1.807) is 13.8 Å². The lowest BCUT2D eigenvalue weighted by Gasteiger charge is -2.16. The van der Waals surface area contributed by atoms with Gasteiger partial charge in [-0.05, 0) is 49.1 Å². The van der Waals surface area contributed by atoms with Crippen LogP contribution in [0.15, 0.2) is 12.1 Å². The first-order valence-electron chi connectivity index (χ1n) is 5.16. The minimum atomic E-state index is -0.868. The molecule has 1 aromatic rings. The molecular weight excluding hydrogens is 209 g/mol. The van der Waals surface area contributed by atoms with Gasteiger partial charge < -0.3 is 10.8 Å². The lowest BCUT2D eigenvalue weighted by atomic mass is 9.94. The van der Waals surface area contributed by atoms with Gasteiger partial charge in [0.1, 0.15) is 5.82 Å². The Kier molecular flexibility index (Phi) is 4.01. The fraction of sp³-hybridized carbons (Fsp3) is 0.417. The number of rotatable bonds is 4. The number of nitrogens with two attached hydrogens (primary N) is 1. The highest BCUT2D eigenvalue weighted by Crippen LogP contribution is 2.24. The van der Waals surface area contributed by atoms with E-state index in [9.17, 15) is 9.18 Å². The minimum absolute atomic E-state index is 0.0252. The van der Waals surface area contributed by atoms with E-state index in [0.29, 0.717) is 6.42 Å². The normalized spacial score (nSPS) is 12.5. The number of aliphatic carboxylic acids is 1. The second-order valence-corrected chi connectivity index (χ2v) is 3.99. The van der Waals surface area contributed by atoms with Gasteiger partial charge in [0.05, 0.1) is 0 Å². The third-order valence-corrected chi connectivity index (χ3v) is 2.60. The highest BCUT2D eigenvalue weighted by atomic mass is 19.1. The zero-order valence-corrected chi connectivity index (χ0v) is 9.46. The van der Waals surface area contributed by atoms with Crippen LogP contribution in [0.25, 0.3) is 0 Å². The van der Waals surface area contributed by atoms with Crippen molar-refractivity contribution in [3.8, 4) is 0 Å². The van der Waals surface area contributed by atoms with Gasteiger partial charge in [0, 0.05) is 12.5 Å². The van der Waals surface area contributed by atoms with Crippen LogP contribution in [0.3, 0.4) is 0 Å². The van der Waals surface area contributed by atoms with Crippen LogP contribution >= 0.6 is 0 Å². The fourth-order valence-corrected chi connectivity index (χ4v) is 1.93. The zero-order valence-electron chi connectivity index (χ0n) is 9.46. The van der Waals surface area contributed by atoms with Crippen LogP contribution in [0.2, 0.25) is 0 Å². The lowest BCUT2D eigenvalue weighted by Crippen LogP contribution is -2.15. The van der Waals surface area contributed by atoms with Gasteiger partial charge >= 0.3 is 5.97 Å². The summed E-state index contributed by atoms with van der Waals surface area (Å²) in [7, 11) is 0. The average Bonchev–Trinajstić information content (AvgIpc) is 2.12. The number of carboxylic acids is 1. The van der Waals surface area contributed by atoms with Crippen molar-refractivity contribution in [3.63, 3.8) is 0 Å². The van der Waals surface area contributed by atoms with Crippen molar-refractivity contribution in [2.24, 2.45) is 5.73 Å². The van der Waals surface area contributed by atoms with Crippen LogP contribution < -0.4 is 5.73 Å². The summed E-state index contributed by atoms with van der Waals surface area (Å²) in [4.78, 5) is 10.4. The largest absolute Gasteiger partial charge is 0.481 e. The summed E-state index contributed by atoms with van der Waals surface area (Å²) in [5.41, 5.74) is 8.31. The number of hydrogen-bond acceptors (Lipinski definition) is 2. The van der Waals surface area contributed by atoms with Crippen molar-refractivity contribution in [1.82, 2.24) is 0 Å². The second-order valence-electron chi connectivity index (χ2n) is 3.99. The van der Waals surface area contributed by atoms with Crippen LogP contribution in [0.4, 0.5) is 4.39 Å². The molecule has 3 nitrogen and oxygen atoms in total. The number of carbonyl (C=O) groups is 1. The first kappa shape index (κ1) is 12.6. The Hall–Kier alpha value is -1.42. The molecule has 0 aliphatic heterocycles. The Balaban J connectivity index is 2.90. The molecule has 1 aromatic carbocycles. The summed E-state index contributed by atoms with van der Waals surface area (Å²) >= 11 is 0. The summed E-state index contributed by atoms with van der Waals surface area (Å²) in [6.45, 7) is 3.57. The van der Waals surface area contributed by atoms with Gasteiger partial charge in [0.2, 0.25) is 0 Å². The van der Waals surface area contributed by atoms with E-state index in [1.165, 1.54) is 12.1 Å². The molecule has 0 bridgehead atoms. The second kappa shape index (κ2) is 5.07. The van der Waals surface area contributed by atoms with E-state index in [0.717, 1.165) is 16.7 Å². The molecule has 0 aromatic heterocycles. The summed E-state index contributed by atoms with van der Waals surface area (Å²) in [6.07, 6.45) is 0.389. The highest BCUT2D eigenvalue weighted by molar-refractivity contribution is 5.66. The molecule has 1 rings (SSSR count). The number of carboxylic acid groups (broad SMARTS) is 1. The van der Waals surface area contributed by atoms with Crippen LogP contribution in [-0.2, 0) is 4.79 Å². The summed E-state index contributed by atoms with van der Waals surface area (Å²) in [5, 5.41) is 8.58. The van der Waals surface area contributed by atoms with Crippen molar-refractivity contribution in [3.05, 3.63) is 34.6 Å². The van der Waals surface area contributed by atoms with E-state index in [-0.39, 0.29) is 18.3 Å². The SMILES string of the molecule is Cc1cc(F)cc(C)c1C(N)CCC(=O)O. The van der Waals surface area contributed by atoms with Crippen molar-refractivity contribution < 1.29 is 14.3 Å². The molecule has 0 saturated heterocycles. The van der Waals surface area contributed by atoms with Crippen LogP contribution in [0, 0.1) is 19.7 Å². The van der Waals surface area contributed by atoms with Gasteiger partial charge in [0.25, 0.3) is 0 Å². The molecule has 0 fully saturated rings. The third-order valence-electron chi connectivity index (χ3n) is 2.60. The zero-order chi connectivity index (χ0) is 12.3. The first-order valence-corrected chi connectivity index (χ1v) is 5.16. The number of hydrogen-bond donors (Lipinski definition) is 2. The maximum atomic E-state index is 13.1. The number of halogens is 1. The maximum absolute atomic E-state index is 13.1. The van der Waals surface area contributed by atoms with E-state index in [2.05, 4.69) is 0 Å². The van der Waals surface area contributed by atoms with Gasteiger partial charge in [0.15, 0.2) is 0 Å². The number of benzene rings is 1. The van der Waals surface area contributed by atoms with E-state index >= 15 is 0 Å². The quantitative estimate of drug-likeness (QED) is 0.826. The molecule has 1 atom stereocenters. The smallest absolute Gasteiger partial charge is 0.303 e.